The van der Waals surface area contributed by atoms with Gasteiger partial charge in [-0.1, -0.05) is 12.8 Å². The molecule has 5 heteroatoms. The number of ketones is 1. The van der Waals surface area contributed by atoms with Crippen molar-refractivity contribution >= 4 is 15.6 Å². The molecule has 0 N–H and O–H groups in total. The van der Waals surface area contributed by atoms with Crippen LogP contribution in [0.1, 0.15) is 43.0 Å². The van der Waals surface area contributed by atoms with Gasteiger partial charge in [-0.15, -0.1) is 0 Å². The molecule has 1 atom stereocenters. The van der Waals surface area contributed by atoms with Gasteiger partial charge in [-0.25, -0.2) is 12.8 Å². The highest BCUT2D eigenvalue weighted by molar-refractivity contribution is 7.92. The van der Waals surface area contributed by atoms with Crippen molar-refractivity contribution in [2.75, 3.05) is 5.75 Å². The molecule has 2 rings (SSSR count). The molecule has 1 fully saturated rings. The van der Waals surface area contributed by atoms with Crippen molar-refractivity contribution in [1.29, 1.82) is 0 Å². The fourth-order valence-electron chi connectivity index (χ4n) is 2.66. The number of carbonyl (C=O) groups excluding carboxylic acids is 1. The van der Waals surface area contributed by atoms with Crippen molar-refractivity contribution in [2.45, 2.75) is 37.9 Å². The van der Waals surface area contributed by atoms with Crippen molar-refractivity contribution in [3.8, 4) is 0 Å². The molecule has 0 aliphatic heterocycles. The van der Waals surface area contributed by atoms with Gasteiger partial charge in [0.05, 0.1) is 5.75 Å². The average molecular weight is 298 g/mol. The van der Waals surface area contributed by atoms with Gasteiger partial charge in [-0.3, -0.25) is 4.79 Å². The largest absolute Gasteiger partial charge is 0.293 e. The van der Waals surface area contributed by atoms with E-state index < -0.39 is 26.7 Å². The molecule has 3 nitrogen and oxygen atoms in total. The second-order valence-electron chi connectivity index (χ2n) is 5.49. The van der Waals surface area contributed by atoms with E-state index in [0.29, 0.717) is 0 Å². The highest BCUT2D eigenvalue weighted by Crippen LogP contribution is 2.27. The van der Waals surface area contributed by atoms with Crippen molar-refractivity contribution in [3.05, 3.63) is 35.6 Å². The van der Waals surface area contributed by atoms with Gasteiger partial charge < -0.3 is 0 Å². The zero-order chi connectivity index (χ0) is 14.8. The van der Waals surface area contributed by atoms with E-state index in [1.165, 1.54) is 31.2 Å². The van der Waals surface area contributed by atoms with Crippen LogP contribution in [0, 0.1) is 11.7 Å². The smallest absolute Gasteiger partial charge is 0.180 e. The van der Waals surface area contributed by atoms with E-state index in [-0.39, 0.29) is 17.2 Å². The van der Waals surface area contributed by atoms with Gasteiger partial charge in [-0.05, 0) is 49.9 Å². The first kappa shape index (κ1) is 15.2. The molecule has 1 saturated carbocycles. The van der Waals surface area contributed by atoms with Crippen LogP contribution in [-0.2, 0) is 9.84 Å². The summed E-state index contributed by atoms with van der Waals surface area (Å²) in [5.41, 5.74) is 0.244. The lowest BCUT2D eigenvalue weighted by Gasteiger charge is -2.15. The fourth-order valence-corrected chi connectivity index (χ4v) is 4.40. The maximum Gasteiger partial charge on any atom is 0.180 e. The lowest BCUT2D eigenvalue weighted by molar-refractivity contribution is 0.0991. The Morgan fingerprint density at radius 3 is 2.35 bits per heavy atom. The predicted octanol–water partition coefficient (Wildman–Crippen LogP) is 3.00. The average Bonchev–Trinajstić information content (AvgIpc) is 2.90. The van der Waals surface area contributed by atoms with Crippen molar-refractivity contribution in [1.82, 2.24) is 0 Å². The molecule has 0 aromatic heterocycles. The number of rotatable bonds is 5. The second-order valence-corrected chi connectivity index (χ2v) is 7.86. The quantitative estimate of drug-likeness (QED) is 0.785. The highest BCUT2D eigenvalue weighted by atomic mass is 32.2. The van der Waals surface area contributed by atoms with Crippen LogP contribution in [-0.4, -0.2) is 25.2 Å². The number of sulfone groups is 1. The summed E-state index contributed by atoms with van der Waals surface area (Å²) in [6, 6.07) is 5.01. The Kier molecular flexibility index (Phi) is 4.58. The molecule has 0 spiro atoms. The van der Waals surface area contributed by atoms with Gasteiger partial charge in [0.25, 0.3) is 0 Å². The number of carbonyl (C=O) groups is 1. The monoisotopic (exact) mass is 298 g/mol. The Hall–Kier alpha value is -1.23. The van der Waals surface area contributed by atoms with E-state index in [1.807, 2.05) is 0 Å². The first-order valence-electron chi connectivity index (χ1n) is 6.91. The molecule has 0 saturated heterocycles. The van der Waals surface area contributed by atoms with E-state index in [2.05, 4.69) is 0 Å². The zero-order valence-corrected chi connectivity index (χ0v) is 12.3. The fraction of sp³-hybridized carbons (Fsp3) is 0.533. The third-order valence-corrected chi connectivity index (χ3v) is 6.21. The molecule has 0 radical (unpaired) electrons. The number of halogens is 1. The van der Waals surface area contributed by atoms with E-state index in [1.54, 1.807) is 0 Å². The molecule has 1 aromatic carbocycles. The molecule has 0 bridgehead atoms. The van der Waals surface area contributed by atoms with Crippen molar-refractivity contribution < 1.29 is 17.6 Å². The molecular weight excluding hydrogens is 279 g/mol. The normalized spacial score (nSPS) is 18.1. The van der Waals surface area contributed by atoms with Gasteiger partial charge in [0, 0.05) is 5.56 Å². The highest BCUT2D eigenvalue weighted by Gasteiger charge is 2.32. The van der Waals surface area contributed by atoms with Crippen LogP contribution < -0.4 is 0 Å². The molecule has 20 heavy (non-hydrogen) atoms. The van der Waals surface area contributed by atoms with Crippen LogP contribution in [0.5, 0.6) is 0 Å². The van der Waals surface area contributed by atoms with Crippen molar-refractivity contribution in [3.63, 3.8) is 0 Å². The molecule has 1 aromatic rings. The minimum Gasteiger partial charge on any atom is -0.293 e. The number of Topliss-reactive ketones (excluding diaryl/α,β-unsaturated/α-hetero) is 1. The minimum atomic E-state index is -3.44. The molecule has 1 aliphatic rings. The Bertz CT molecular complexity index is 572. The first-order chi connectivity index (χ1) is 9.40. The zero-order valence-electron chi connectivity index (χ0n) is 11.5. The lowest BCUT2D eigenvalue weighted by atomic mass is 10.1. The van der Waals surface area contributed by atoms with Crippen molar-refractivity contribution in [2.24, 2.45) is 5.92 Å². The number of benzene rings is 1. The van der Waals surface area contributed by atoms with Gasteiger partial charge in [0.2, 0.25) is 0 Å². The Labute approximate surface area is 119 Å². The summed E-state index contributed by atoms with van der Waals surface area (Å²) in [4.78, 5) is 12.2. The van der Waals surface area contributed by atoms with E-state index in [9.17, 15) is 17.6 Å². The Morgan fingerprint density at radius 1 is 1.25 bits per heavy atom. The Balaban J connectivity index is 2.10. The van der Waals surface area contributed by atoms with E-state index in [0.717, 1.165) is 25.7 Å². The van der Waals surface area contributed by atoms with Gasteiger partial charge in [-0.2, -0.15) is 0 Å². The Morgan fingerprint density at radius 2 is 1.80 bits per heavy atom. The summed E-state index contributed by atoms with van der Waals surface area (Å²) in [7, 11) is -3.44. The minimum absolute atomic E-state index is 0.0844. The summed E-state index contributed by atoms with van der Waals surface area (Å²) >= 11 is 0. The third-order valence-electron chi connectivity index (χ3n) is 3.98. The number of hydrogen-bond acceptors (Lipinski definition) is 3. The molecular formula is C15H19FO3S. The van der Waals surface area contributed by atoms with Gasteiger partial charge in [0.1, 0.15) is 11.1 Å². The van der Waals surface area contributed by atoms with E-state index >= 15 is 0 Å². The van der Waals surface area contributed by atoms with Crippen LogP contribution in [0.25, 0.3) is 0 Å². The van der Waals surface area contributed by atoms with E-state index in [4.69, 9.17) is 0 Å². The molecule has 1 aliphatic carbocycles. The molecule has 0 heterocycles. The van der Waals surface area contributed by atoms with Crippen LogP contribution in [0.2, 0.25) is 0 Å². The van der Waals surface area contributed by atoms with Crippen LogP contribution in [0.4, 0.5) is 4.39 Å². The summed E-state index contributed by atoms with van der Waals surface area (Å²) in [5, 5.41) is -1.06. The summed E-state index contributed by atoms with van der Waals surface area (Å²) in [5.74, 6) is -0.629. The number of hydrogen-bond donors (Lipinski definition) is 0. The SMILES string of the molecule is CC(C(=O)c1ccc(F)cc1)S(=O)(=O)CC1CCCC1. The maximum absolute atomic E-state index is 12.8. The maximum atomic E-state index is 12.8. The predicted molar refractivity (Wildman–Crippen MR) is 75.9 cm³/mol. The van der Waals surface area contributed by atoms with Crippen LogP contribution in [0.3, 0.4) is 0 Å². The molecule has 0 amide bonds. The summed E-state index contributed by atoms with van der Waals surface area (Å²) in [6.45, 7) is 1.43. The lowest BCUT2D eigenvalue weighted by Crippen LogP contribution is -2.31. The van der Waals surface area contributed by atoms with Gasteiger partial charge in [0.15, 0.2) is 15.6 Å². The summed E-state index contributed by atoms with van der Waals surface area (Å²) in [6.07, 6.45) is 3.99. The van der Waals surface area contributed by atoms with Crippen LogP contribution in [0.15, 0.2) is 24.3 Å². The standard InChI is InChI=1S/C15H19FO3S/c1-11(15(17)13-6-8-14(16)9-7-13)20(18,19)10-12-4-2-3-5-12/h6-9,11-12H,2-5,10H2,1H3. The topological polar surface area (TPSA) is 51.2 Å². The third kappa shape index (κ3) is 3.45. The molecule has 1 unspecified atom stereocenters. The van der Waals surface area contributed by atoms with Crippen LogP contribution >= 0.6 is 0 Å². The van der Waals surface area contributed by atoms with Gasteiger partial charge >= 0.3 is 0 Å². The summed E-state index contributed by atoms with van der Waals surface area (Å²) < 4.78 is 37.4. The molecule has 110 valence electrons. The second kappa shape index (κ2) is 6.04. The first-order valence-corrected chi connectivity index (χ1v) is 8.63.